The fourth-order valence-electron chi connectivity index (χ4n) is 1.36. The minimum Gasteiger partial charge on any atom is -0.388 e. The molecule has 15 heavy (non-hydrogen) atoms. The Balaban J connectivity index is 2.89. The van der Waals surface area contributed by atoms with Crippen LogP contribution in [-0.4, -0.2) is 23.8 Å². The predicted octanol–water partition coefficient (Wildman–Crippen LogP) is 1.63. The number of pyridine rings is 1. The van der Waals surface area contributed by atoms with Gasteiger partial charge in [0.05, 0.1) is 17.7 Å². The van der Waals surface area contributed by atoms with Gasteiger partial charge in [-0.3, -0.25) is 0 Å². The molecule has 3 N–H and O–H groups in total. The Bertz CT molecular complexity index is 333. The summed E-state index contributed by atoms with van der Waals surface area (Å²) in [4.78, 5) is 3.89. The van der Waals surface area contributed by atoms with Gasteiger partial charge in [0.1, 0.15) is 5.82 Å². The van der Waals surface area contributed by atoms with Gasteiger partial charge in [0, 0.05) is 24.8 Å². The molecule has 1 aromatic heterocycles. The minimum absolute atomic E-state index is 0.0578. The van der Waals surface area contributed by atoms with E-state index in [1.54, 1.807) is 13.2 Å². The number of anilines is 1. The van der Waals surface area contributed by atoms with Gasteiger partial charge in [-0.25, -0.2) is 4.98 Å². The van der Waals surface area contributed by atoms with Crippen LogP contribution in [0.25, 0.3) is 0 Å². The molecule has 0 radical (unpaired) electrons. The van der Waals surface area contributed by atoms with Crippen LogP contribution in [0.5, 0.6) is 0 Å². The second kappa shape index (κ2) is 5.30. The highest BCUT2D eigenvalue weighted by Crippen LogP contribution is 2.27. The van der Waals surface area contributed by atoms with Crippen LogP contribution in [0.4, 0.5) is 5.82 Å². The number of nitrogens with zero attached hydrogens (tertiary/aromatic N) is 1. The van der Waals surface area contributed by atoms with Crippen molar-refractivity contribution >= 4 is 17.4 Å². The molecule has 0 amide bonds. The lowest BCUT2D eigenvalue weighted by molar-refractivity contribution is 0.0569. The zero-order chi connectivity index (χ0) is 11.4. The highest BCUT2D eigenvalue weighted by atomic mass is 35.5. The van der Waals surface area contributed by atoms with Gasteiger partial charge in [0.2, 0.25) is 0 Å². The Labute approximate surface area is 94.0 Å². The molecule has 5 heteroatoms. The molecule has 2 unspecified atom stereocenters. The summed E-state index contributed by atoms with van der Waals surface area (Å²) in [6, 6.07) is 1.63. The molecule has 0 saturated heterocycles. The summed E-state index contributed by atoms with van der Waals surface area (Å²) < 4.78 is 4.96. The van der Waals surface area contributed by atoms with Crippen molar-refractivity contribution < 1.29 is 9.84 Å². The van der Waals surface area contributed by atoms with Crippen LogP contribution in [0, 0.1) is 5.92 Å². The Morgan fingerprint density at radius 1 is 1.67 bits per heavy atom. The van der Waals surface area contributed by atoms with E-state index in [0.29, 0.717) is 23.0 Å². The second-order valence-corrected chi connectivity index (χ2v) is 3.94. The molecule has 0 aliphatic carbocycles. The normalized spacial score (nSPS) is 14.9. The number of aliphatic hydroxyl groups is 1. The van der Waals surface area contributed by atoms with Crippen LogP contribution in [-0.2, 0) is 4.74 Å². The van der Waals surface area contributed by atoms with Crippen LogP contribution >= 0.6 is 11.6 Å². The maximum Gasteiger partial charge on any atom is 0.129 e. The van der Waals surface area contributed by atoms with Crippen molar-refractivity contribution in [2.24, 2.45) is 5.92 Å². The van der Waals surface area contributed by atoms with Gasteiger partial charge >= 0.3 is 0 Å². The van der Waals surface area contributed by atoms with E-state index in [1.165, 1.54) is 6.20 Å². The van der Waals surface area contributed by atoms with Crippen molar-refractivity contribution in [2.75, 3.05) is 19.5 Å². The molecule has 1 aromatic rings. The summed E-state index contributed by atoms with van der Waals surface area (Å²) >= 11 is 5.78. The second-order valence-electron chi connectivity index (χ2n) is 3.51. The van der Waals surface area contributed by atoms with E-state index >= 15 is 0 Å². The van der Waals surface area contributed by atoms with Gasteiger partial charge in [-0.05, 0) is 6.07 Å². The zero-order valence-corrected chi connectivity index (χ0v) is 9.53. The Morgan fingerprint density at radius 3 is 2.93 bits per heavy atom. The number of methoxy groups -OCH3 is 1. The van der Waals surface area contributed by atoms with Crippen molar-refractivity contribution in [1.82, 2.24) is 4.98 Å². The van der Waals surface area contributed by atoms with Crippen LogP contribution in [0.2, 0.25) is 5.02 Å². The first-order valence-corrected chi connectivity index (χ1v) is 5.02. The lowest BCUT2D eigenvalue weighted by Gasteiger charge is -2.19. The maximum atomic E-state index is 9.97. The van der Waals surface area contributed by atoms with Crippen LogP contribution in [0.15, 0.2) is 12.3 Å². The summed E-state index contributed by atoms with van der Waals surface area (Å²) in [5, 5.41) is 10.4. The van der Waals surface area contributed by atoms with Gasteiger partial charge in [-0.15, -0.1) is 0 Å². The van der Waals surface area contributed by atoms with Gasteiger partial charge in [0.15, 0.2) is 0 Å². The van der Waals surface area contributed by atoms with Crippen molar-refractivity contribution in [3.8, 4) is 0 Å². The molecule has 0 spiro atoms. The molecule has 0 bridgehead atoms. The van der Waals surface area contributed by atoms with Gasteiger partial charge < -0.3 is 15.6 Å². The molecule has 0 aliphatic rings. The Kier molecular flexibility index (Phi) is 4.32. The molecular formula is C10H15ClN2O2. The van der Waals surface area contributed by atoms with Crippen molar-refractivity contribution in [3.05, 3.63) is 22.8 Å². The quantitative estimate of drug-likeness (QED) is 0.825. The molecule has 0 aliphatic heterocycles. The largest absolute Gasteiger partial charge is 0.388 e. The minimum atomic E-state index is -0.712. The van der Waals surface area contributed by atoms with Gasteiger partial charge in [-0.1, -0.05) is 18.5 Å². The summed E-state index contributed by atoms with van der Waals surface area (Å²) in [6.07, 6.45) is 0.741. The molecule has 1 heterocycles. The average molecular weight is 231 g/mol. The van der Waals surface area contributed by atoms with Gasteiger partial charge in [-0.2, -0.15) is 0 Å². The van der Waals surface area contributed by atoms with E-state index in [-0.39, 0.29) is 5.92 Å². The third-order valence-corrected chi connectivity index (χ3v) is 2.41. The number of aromatic nitrogens is 1. The monoisotopic (exact) mass is 230 g/mol. The van der Waals surface area contributed by atoms with Crippen LogP contribution < -0.4 is 5.73 Å². The first-order chi connectivity index (χ1) is 7.06. The molecule has 0 saturated carbocycles. The molecule has 4 nitrogen and oxygen atoms in total. The zero-order valence-electron chi connectivity index (χ0n) is 8.77. The number of rotatable bonds is 4. The predicted molar refractivity (Wildman–Crippen MR) is 59.7 cm³/mol. The molecular weight excluding hydrogens is 216 g/mol. The number of aliphatic hydroxyl groups excluding tert-OH is 1. The Hall–Kier alpha value is -0.840. The summed E-state index contributed by atoms with van der Waals surface area (Å²) in [5.74, 6) is 0.243. The topological polar surface area (TPSA) is 68.4 Å². The SMILES string of the molecule is COCC(C)C(O)c1cc(Cl)cnc1N. The van der Waals surface area contributed by atoms with Crippen molar-refractivity contribution in [3.63, 3.8) is 0 Å². The lowest BCUT2D eigenvalue weighted by atomic mass is 9.99. The number of nitrogen functional groups attached to an aromatic ring is 1. The molecule has 0 aromatic carbocycles. The number of nitrogens with two attached hydrogens (primary N) is 1. The van der Waals surface area contributed by atoms with Crippen LogP contribution in [0.1, 0.15) is 18.6 Å². The van der Waals surface area contributed by atoms with E-state index in [2.05, 4.69) is 4.98 Å². The lowest BCUT2D eigenvalue weighted by Crippen LogP contribution is -2.16. The molecule has 1 rings (SSSR count). The first-order valence-electron chi connectivity index (χ1n) is 4.64. The van der Waals surface area contributed by atoms with Gasteiger partial charge in [0.25, 0.3) is 0 Å². The maximum absolute atomic E-state index is 9.97. The Morgan fingerprint density at radius 2 is 2.33 bits per heavy atom. The van der Waals surface area contributed by atoms with Crippen molar-refractivity contribution in [2.45, 2.75) is 13.0 Å². The van der Waals surface area contributed by atoms with E-state index in [4.69, 9.17) is 22.1 Å². The third-order valence-electron chi connectivity index (χ3n) is 2.20. The fourth-order valence-corrected chi connectivity index (χ4v) is 1.53. The highest BCUT2D eigenvalue weighted by Gasteiger charge is 2.19. The number of hydrogen-bond donors (Lipinski definition) is 2. The summed E-state index contributed by atoms with van der Waals surface area (Å²) in [5.41, 5.74) is 6.20. The highest BCUT2D eigenvalue weighted by molar-refractivity contribution is 6.30. The summed E-state index contributed by atoms with van der Waals surface area (Å²) in [7, 11) is 1.59. The fraction of sp³-hybridized carbons (Fsp3) is 0.500. The van der Waals surface area contributed by atoms with E-state index < -0.39 is 6.10 Å². The van der Waals surface area contributed by atoms with E-state index in [9.17, 15) is 5.11 Å². The smallest absolute Gasteiger partial charge is 0.129 e. The number of hydrogen-bond acceptors (Lipinski definition) is 4. The van der Waals surface area contributed by atoms with E-state index in [1.807, 2.05) is 6.92 Å². The molecule has 84 valence electrons. The number of ether oxygens (including phenoxy) is 1. The molecule has 0 fully saturated rings. The number of halogens is 1. The summed E-state index contributed by atoms with van der Waals surface area (Å²) in [6.45, 7) is 2.32. The average Bonchev–Trinajstić information content (AvgIpc) is 2.21. The first kappa shape index (κ1) is 12.2. The van der Waals surface area contributed by atoms with Crippen molar-refractivity contribution in [1.29, 1.82) is 0 Å². The molecule has 2 atom stereocenters. The van der Waals surface area contributed by atoms with Crippen LogP contribution in [0.3, 0.4) is 0 Å². The standard InChI is InChI=1S/C10H15ClN2O2/c1-6(5-15-2)9(14)8-3-7(11)4-13-10(8)12/h3-4,6,9,14H,5H2,1-2H3,(H2,12,13). The third kappa shape index (κ3) is 3.06. The van der Waals surface area contributed by atoms with E-state index in [0.717, 1.165) is 0 Å².